The van der Waals surface area contributed by atoms with Crippen LogP contribution < -0.4 is 10.2 Å². The maximum Gasteiger partial charge on any atom is 0.225 e. The molecule has 0 radical (unpaired) electrons. The fourth-order valence-corrected chi connectivity index (χ4v) is 4.34. The highest BCUT2D eigenvalue weighted by Gasteiger charge is 2.26. The van der Waals surface area contributed by atoms with Crippen LogP contribution in [0.1, 0.15) is 25.8 Å². The third kappa shape index (κ3) is 6.34. The Bertz CT molecular complexity index is 1240. The smallest absolute Gasteiger partial charge is 0.225 e. The number of halogens is 3. The molecular formula is C25H31ClF2N6O3. The number of aliphatic hydroxyl groups excluding tert-OH is 1. The zero-order valence-electron chi connectivity index (χ0n) is 21.3. The molecule has 0 saturated carbocycles. The third-order valence-electron chi connectivity index (χ3n) is 6.07. The van der Waals surface area contributed by atoms with Crippen molar-refractivity contribution in [3.05, 3.63) is 40.4 Å². The van der Waals surface area contributed by atoms with Crippen LogP contribution in [-0.4, -0.2) is 90.1 Å². The number of anilines is 2. The number of benzene rings is 1. The van der Waals surface area contributed by atoms with Crippen LogP contribution in [0.25, 0.3) is 16.5 Å². The molecule has 2 aromatic rings. The third-order valence-corrected chi connectivity index (χ3v) is 6.37. The van der Waals surface area contributed by atoms with Gasteiger partial charge < -0.3 is 25.1 Å². The molecule has 2 N–H and O–H groups in total. The van der Waals surface area contributed by atoms with Gasteiger partial charge in [-0.15, -0.1) is 0 Å². The molecule has 1 aromatic carbocycles. The van der Waals surface area contributed by atoms with Crippen LogP contribution in [0.2, 0.25) is 5.02 Å². The Kier molecular flexibility index (Phi) is 9.39. The van der Waals surface area contributed by atoms with Crippen LogP contribution in [0.4, 0.5) is 20.5 Å². The first-order valence-electron chi connectivity index (χ1n) is 11.9. The zero-order valence-corrected chi connectivity index (χ0v) is 22.1. The second kappa shape index (κ2) is 12.3. The van der Waals surface area contributed by atoms with Crippen molar-refractivity contribution in [3.8, 4) is 0 Å². The minimum absolute atomic E-state index is 0.0367. The molecule has 0 unspecified atom stereocenters. The van der Waals surface area contributed by atoms with Crippen molar-refractivity contribution < 1.29 is 23.5 Å². The fourth-order valence-electron chi connectivity index (χ4n) is 4.04. The molecule has 0 atom stereocenters. The summed E-state index contributed by atoms with van der Waals surface area (Å²) in [4.78, 5) is 37.7. The maximum absolute atomic E-state index is 15.9. The molecule has 0 spiro atoms. The predicted octanol–water partition coefficient (Wildman–Crippen LogP) is 3.23. The Morgan fingerprint density at radius 3 is 2.49 bits per heavy atom. The zero-order chi connectivity index (χ0) is 27.3. The van der Waals surface area contributed by atoms with Gasteiger partial charge in [0.15, 0.2) is 5.82 Å². The van der Waals surface area contributed by atoms with E-state index < -0.39 is 18.3 Å². The normalized spacial score (nSPS) is 14.8. The summed E-state index contributed by atoms with van der Waals surface area (Å²) in [7, 11) is 3.29. The van der Waals surface area contributed by atoms with Crippen LogP contribution in [0.3, 0.4) is 0 Å². The summed E-state index contributed by atoms with van der Waals surface area (Å²) in [5.41, 5.74) is -0.699. The molecule has 2 amide bonds. The fraction of sp³-hybridized carbons (Fsp3) is 0.440. The monoisotopic (exact) mass is 536 g/mol. The summed E-state index contributed by atoms with van der Waals surface area (Å²) in [6.45, 7) is 4.34. The van der Waals surface area contributed by atoms with Gasteiger partial charge in [-0.25, -0.2) is 13.8 Å². The Hall–Kier alpha value is -3.31. The first kappa shape index (κ1) is 28.3. The number of nitrogens with zero attached hydrogens (tertiary/aromatic N) is 5. The van der Waals surface area contributed by atoms with Gasteiger partial charge in [0.05, 0.1) is 11.6 Å². The molecule has 1 aliphatic heterocycles. The van der Waals surface area contributed by atoms with E-state index in [4.69, 9.17) is 11.6 Å². The van der Waals surface area contributed by atoms with Crippen molar-refractivity contribution in [3.63, 3.8) is 0 Å². The van der Waals surface area contributed by atoms with Crippen molar-refractivity contribution in [1.29, 1.82) is 0 Å². The molecule has 200 valence electrons. The van der Waals surface area contributed by atoms with Gasteiger partial charge in [0, 0.05) is 76.7 Å². The number of piperazine rings is 1. The topological polar surface area (TPSA) is 102 Å². The average molecular weight is 537 g/mol. The number of aromatic nitrogens is 2. The van der Waals surface area contributed by atoms with Crippen LogP contribution in [-0.2, 0) is 9.59 Å². The molecular weight excluding hydrogens is 506 g/mol. The van der Waals surface area contributed by atoms with E-state index in [9.17, 15) is 19.1 Å². The van der Waals surface area contributed by atoms with Gasteiger partial charge in [0.25, 0.3) is 0 Å². The number of allylic oxidation sites excluding steroid dienone is 3. The second-order valence-electron chi connectivity index (χ2n) is 8.76. The van der Waals surface area contributed by atoms with Crippen LogP contribution in [0, 0.1) is 5.82 Å². The van der Waals surface area contributed by atoms with Crippen molar-refractivity contribution in [1.82, 2.24) is 19.8 Å². The predicted molar refractivity (Wildman–Crippen MR) is 141 cm³/mol. The highest BCUT2D eigenvalue weighted by Crippen LogP contribution is 2.37. The maximum atomic E-state index is 15.9. The van der Waals surface area contributed by atoms with Gasteiger partial charge in [0.2, 0.25) is 17.8 Å². The largest absolute Gasteiger partial charge is 0.392 e. The molecule has 1 aliphatic rings. The van der Waals surface area contributed by atoms with E-state index in [0.717, 1.165) is 6.08 Å². The molecule has 12 heteroatoms. The highest BCUT2D eigenvalue weighted by molar-refractivity contribution is 6.33. The SMILES string of the molecule is C/C=C\C(F)=C(/CO)c1c(Cl)cc2c(N3CCN(C(C)=O)CC3)nc(NCCC(=O)N(C)C)nc2c1F. The number of carbonyl (C=O) groups is 2. The first-order valence-corrected chi connectivity index (χ1v) is 12.2. The standard InChI is InChI=1S/C25H31ClF2N6O3/c1-5-6-19(27)17(14-35)21-18(26)13-16-23(22(21)28)30-25(29-8-7-20(37)32(3)4)31-24(16)34-11-9-33(10-12-34)15(2)36/h5-6,13,35H,7-12,14H2,1-4H3,(H,29,30,31)/b6-5-,19-17-. The van der Waals surface area contributed by atoms with E-state index in [2.05, 4.69) is 15.3 Å². The minimum Gasteiger partial charge on any atom is -0.392 e. The van der Waals surface area contributed by atoms with Crippen molar-refractivity contribution in [2.45, 2.75) is 20.3 Å². The Morgan fingerprint density at radius 2 is 1.92 bits per heavy atom. The molecule has 1 fully saturated rings. The van der Waals surface area contributed by atoms with Gasteiger partial charge in [-0.3, -0.25) is 9.59 Å². The summed E-state index contributed by atoms with van der Waals surface area (Å²) in [6, 6.07) is 1.46. The summed E-state index contributed by atoms with van der Waals surface area (Å²) < 4.78 is 30.6. The Morgan fingerprint density at radius 1 is 1.24 bits per heavy atom. The average Bonchev–Trinajstić information content (AvgIpc) is 2.86. The minimum atomic E-state index is -0.898. The van der Waals surface area contributed by atoms with Gasteiger partial charge in [-0.05, 0) is 19.1 Å². The number of hydrogen-bond donors (Lipinski definition) is 2. The van der Waals surface area contributed by atoms with Crippen LogP contribution >= 0.6 is 11.6 Å². The van der Waals surface area contributed by atoms with E-state index in [1.54, 1.807) is 25.9 Å². The number of rotatable bonds is 8. The quantitative estimate of drug-likeness (QED) is 0.499. The van der Waals surface area contributed by atoms with Gasteiger partial charge in [0.1, 0.15) is 17.2 Å². The number of nitrogens with one attached hydrogen (secondary N) is 1. The van der Waals surface area contributed by atoms with E-state index in [1.165, 1.54) is 24.0 Å². The van der Waals surface area contributed by atoms with Gasteiger partial charge in [-0.2, -0.15) is 4.98 Å². The summed E-state index contributed by atoms with van der Waals surface area (Å²) in [5.74, 6) is -1.38. The number of carbonyl (C=O) groups excluding carboxylic acids is 2. The van der Waals surface area contributed by atoms with Gasteiger partial charge >= 0.3 is 0 Å². The van der Waals surface area contributed by atoms with Crippen molar-refractivity contribution in [2.24, 2.45) is 0 Å². The lowest BCUT2D eigenvalue weighted by Gasteiger charge is -2.35. The molecule has 0 aliphatic carbocycles. The van der Waals surface area contributed by atoms with Crippen LogP contribution in [0.15, 0.2) is 24.0 Å². The summed E-state index contributed by atoms with van der Waals surface area (Å²) >= 11 is 6.43. The molecule has 1 saturated heterocycles. The van der Waals surface area contributed by atoms with Crippen molar-refractivity contribution in [2.75, 3.05) is 63.6 Å². The molecule has 3 rings (SSSR count). The lowest BCUT2D eigenvalue weighted by atomic mass is 10.0. The van der Waals surface area contributed by atoms with Crippen LogP contribution in [0.5, 0.6) is 0 Å². The second-order valence-corrected chi connectivity index (χ2v) is 9.16. The number of amides is 2. The molecule has 1 aromatic heterocycles. The lowest BCUT2D eigenvalue weighted by molar-refractivity contribution is -0.129. The molecule has 37 heavy (non-hydrogen) atoms. The van der Waals surface area contributed by atoms with Crippen molar-refractivity contribution >= 4 is 51.7 Å². The molecule has 9 nitrogen and oxygen atoms in total. The van der Waals surface area contributed by atoms with E-state index in [-0.39, 0.29) is 52.4 Å². The van der Waals surface area contributed by atoms with E-state index in [1.807, 2.05) is 4.90 Å². The molecule has 2 heterocycles. The number of hydrogen-bond acceptors (Lipinski definition) is 7. The lowest BCUT2D eigenvalue weighted by Crippen LogP contribution is -2.48. The number of aliphatic hydroxyl groups is 1. The summed E-state index contributed by atoms with van der Waals surface area (Å²) in [5, 5.41) is 13.0. The van der Waals surface area contributed by atoms with E-state index in [0.29, 0.717) is 37.4 Å². The first-order chi connectivity index (χ1) is 17.6. The molecule has 0 bridgehead atoms. The Balaban J connectivity index is 2.13. The highest BCUT2D eigenvalue weighted by atomic mass is 35.5. The number of fused-ring (bicyclic) bond motifs is 1. The summed E-state index contributed by atoms with van der Waals surface area (Å²) in [6.07, 6.45) is 2.71. The van der Waals surface area contributed by atoms with Gasteiger partial charge in [-0.1, -0.05) is 17.7 Å². The van der Waals surface area contributed by atoms with E-state index >= 15 is 4.39 Å². The Labute approximate surface area is 219 Å².